The summed E-state index contributed by atoms with van der Waals surface area (Å²) in [6.45, 7) is 6.30. The van der Waals surface area contributed by atoms with E-state index in [9.17, 15) is 4.79 Å². The molecule has 172 valence electrons. The molecule has 5 nitrogen and oxygen atoms in total. The molecule has 9 heteroatoms. The van der Waals surface area contributed by atoms with Gasteiger partial charge in [0, 0.05) is 43.5 Å². The van der Waals surface area contributed by atoms with Crippen molar-refractivity contribution in [3.8, 4) is 5.75 Å². The Morgan fingerprint density at radius 1 is 1.03 bits per heavy atom. The van der Waals surface area contributed by atoms with Crippen molar-refractivity contribution >= 4 is 59.1 Å². The van der Waals surface area contributed by atoms with Crippen LogP contribution in [0.25, 0.3) is 0 Å². The summed E-state index contributed by atoms with van der Waals surface area (Å²) in [6, 6.07) is 15.6. The lowest BCUT2D eigenvalue weighted by Crippen LogP contribution is -2.46. The topological polar surface area (TPSA) is 44.8 Å². The Morgan fingerprint density at radius 2 is 1.68 bits per heavy atom. The molecule has 0 bridgehead atoms. The van der Waals surface area contributed by atoms with E-state index in [0.29, 0.717) is 11.4 Å². The highest BCUT2D eigenvalue weighted by atomic mass is 35.5. The van der Waals surface area contributed by atoms with Crippen molar-refractivity contribution < 1.29 is 9.53 Å². The molecule has 1 aliphatic rings. The number of halogens is 3. The lowest BCUT2D eigenvalue weighted by atomic mass is 10.2. The van der Waals surface area contributed by atoms with Gasteiger partial charge < -0.3 is 15.0 Å². The SMILES string of the molecule is COc1ccccc1NC(=O)SCCCN1CCN(Cc2ccc(Cl)cc2)CC1.Cl.Cl. The molecule has 2 aromatic carbocycles. The first-order valence-corrected chi connectivity index (χ1v) is 11.3. The predicted octanol–water partition coefficient (Wildman–Crippen LogP) is 5.67. The zero-order valence-electron chi connectivity index (χ0n) is 17.6. The fourth-order valence-electron chi connectivity index (χ4n) is 3.37. The van der Waals surface area contributed by atoms with Crippen LogP contribution in [0.2, 0.25) is 5.02 Å². The maximum atomic E-state index is 12.1. The number of nitrogens with zero attached hydrogens (tertiary/aromatic N) is 2. The van der Waals surface area contributed by atoms with Gasteiger partial charge in [-0.1, -0.05) is 47.6 Å². The molecule has 0 radical (unpaired) electrons. The van der Waals surface area contributed by atoms with Crippen molar-refractivity contribution in [2.45, 2.75) is 13.0 Å². The predicted molar refractivity (Wildman–Crippen MR) is 137 cm³/mol. The molecule has 0 spiro atoms. The van der Waals surface area contributed by atoms with Crippen LogP contribution in [0.4, 0.5) is 10.5 Å². The number of thioether (sulfide) groups is 1. The van der Waals surface area contributed by atoms with E-state index >= 15 is 0 Å². The molecule has 1 fully saturated rings. The summed E-state index contributed by atoms with van der Waals surface area (Å²) in [6.07, 6.45) is 1.00. The lowest BCUT2D eigenvalue weighted by Gasteiger charge is -2.34. The summed E-state index contributed by atoms with van der Waals surface area (Å²) >= 11 is 7.28. The van der Waals surface area contributed by atoms with Gasteiger partial charge in [-0.2, -0.15) is 0 Å². The third-order valence-electron chi connectivity index (χ3n) is 4.98. The van der Waals surface area contributed by atoms with E-state index in [-0.39, 0.29) is 30.1 Å². The Balaban J connectivity index is 0.00000240. The van der Waals surface area contributed by atoms with Gasteiger partial charge in [0.2, 0.25) is 0 Å². The molecule has 1 amide bonds. The zero-order valence-corrected chi connectivity index (χ0v) is 20.8. The highest BCUT2D eigenvalue weighted by Gasteiger charge is 2.16. The molecule has 1 saturated heterocycles. The summed E-state index contributed by atoms with van der Waals surface area (Å²) < 4.78 is 5.26. The fraction of sp³-hybridized carbons (Fsp3) is 0.409. The van der Waals surface area contributed by atoms with Gasteiger partial charge in [0.1, 0.15) is 5.75 Å². The number of hydrogen-bond donors (Lipinski definition) is 1. The molecule has 1 aliphatic heterocycles. The van der Waals surface area contributed by atoms with E-state index in [1.807, 2.05) is 36.4 Å². The Labute approximate surface area is 206 Å². The molecule has 0 aliphatic carbocycles. The average Bonchev–Trinajstić information content (AvgIpc) is 2.74. The number of carbonyl (C=O) groups is 1. The molecule has 3 rings (SSSR count). The van der Waals surface area contributed by atoms with E-state index in [1.54, 1.807) is 7.11 Å². The van der Waals surface area contributed by atoms with Gasteiger partial charge >= 0.3 is 0 Å². The summed E-state index contributed by atoms with van der Waals surface area (Å²) in [5, 5.41) is 3.65. The maximum absolute atomic E-state index is 12.1. The van der Waals surface area contributed by atoms with Crippen LogP contribution >= 0.6 is 48.2 Å². The highest BCUT2D eigenvalue weighted by molar-refractivity contribution is 8.13. The van der Waals surface area contributed by atoms with E-state index < -0.39 is 0 Å². The van der Waals surface area contributed by atoms with Crippen molar-refractivity contribution in [1.82, 2.24) is 9.80 Å². The second-order valence-corrected chi connectivity index (χ2v) is 8.56. The minimum absolute atomic E-state index is 0. The van der Waals surface area contributed by atoms with Crippen molar-refractivity contribution in [3.63, 3.8) is 0 Å². The Bertz CT molecular complexity index is 788. The van der Waals surface area contributed by atoms with Crippen molar-refractivity contribution in [2.24, 2.45) is 0 Å². The Kier molecular flexibility index (Phi) is 13.3. The number of anilines is 1. The maximum Gasteiger partial charge on any atom is 0.283 e. The van der Waals surface area contributed by atoms with Gasteiger partial charge in [0.05, 0.1) is 12.8 Å². The van der Waals surface area contributed by atoms with Crippen LogP contribution in [-0.4, -0.2) is 60.6 Å². The second-order valence-electron chi connectivity index (χ2n) is 7.06. The monoisotopic (exact) mass is 505 g/mol. The van der Waals surface area contributed by atoms with Crippen LogP contribution in [0.1, 0.15) is 12.0 Å². The molecular formula is C22H30Cl3N3O2S. The number of nitrogens with one attached hydrogen (secondary N) is 1. The highest BCUT2D eigenvalue weighted by Crippen LogP contribution is 2.24. The third kappa shape index (κ3) is 9.48. The molecule has 0 aromatic heterocycles. The second kappa shape index (κ2) is 14.8. The number of benzene rings is 2. The molecule has 1 heterocycles. The third-order valence-corrected chi connectivity index (χ3v) is 6.09. The summed E-state index contributed by atoms with van der Waals surface area (Å²) in [7, 11) is 1.60. The normalized spacial score (nSPS) is 14.3. The number of amides is 1. The van der Waals surface area contributed by atoms with Crippen molar-refractivity contribution in [1.29, 1.82) is 0 Å². The van der Waals surface area contributed by atoms with Gasteiger partial charge in [0.15, 0.2) is 0 Å². The van der Waals surface area contributed by atoms with Crippen LogP contribution in [0, 0.1) is 0 Å². The van der Waals surface area contributed by atoms with Crippen LogP contribution in [0.5, 0.6) is 5.75 Å². The number of hydrogen-bond acceptors (Lipinski definition) is 5. The number of carbonyl (C=O) groups excluding carboxylic acids is 1. The standard InChI is InChI=1S/C22H28ClN3O2S.2ClH/c1-28-21-6-3-2-5-20(21)24-22(27)29-16-4-11-25-12-14-26(15-13-25)17-18-7-9-19(23)10-8-18;;/h2-3,5-10H,4,11-17H2,1H3,(H,24,27);2*1H. The molecule has 2 aromatic rings. The number of piperazine rings is 1. The first-order valence-electron chi connectivity index (χ1n) is 9.90. The molecule has 0 saturated carbocycles. The fourth-order valence-corrected chi connectivity index (χ4v) is 4.13. The van der Waals surface area contributed by atoms with Gasteiger partial charge in [0.25, 0.3) is 5.24 Å². The lowest BCUT2D eigenvalue weighted by molar-refractivity contribution is 0.127. The summed E-state index contributed by atoms with van der Waals surface area (Å²) in [5.74, 6) is 1.49. The van der Waals surface area contributed by atoms with Crippen LogP contribution < -0.4 is 10.1 Å². The van der Waals surface area contributed by atoms with E-state index in [4.69, 9.17) is 16.3 Å². The van der Waals surface area contributed by atoms with Crippen LogP contribution in [0.15, 0.2) is 48.5 Å². The Hall–Kier alpha value is -1.15. The van der Waals surface area contributed by atoms with Gasteiger partial charge in [-0.05, 0) is 42.8 Å². The van der Waals surface area contributed by atoms with E-state index in [0.717, 1.165) is 56.5 Å². The minimum atomic E-state index is -0.0396. The number of rotatable bonds is 8. The molecular weight excluding hydrogens is 477 g/mol. The molecule has 1 N–H and O–H groups in total. The van der Waals surface area contributed by atoms with Gasteiger partial charge in [-0.15, -0.1) is 24.8 Å². The summed E-state index contributed by atoms with van der Waals surface area (Å²) in [4.78, 5) is 17.1. The minimum Gasteiger partial charge on any atom is -0.495 e. The van der Waals surface area contributed by atoms with Crippen molar-refractivity contribution in [2.75, 3.05) is 50.9 Å². The summed E-state index contributed by atoms with van der Waals surface area (Å²) in [5.41, 5.74) is 2.02. The quantitative estimate of drug-likeness (QED) is 0.468. The van der Waals surface area contributed by atoms with E-state index in [2.05, 4.69) is 27.2 Å². The van der Waals surface area contributed by atoms with Crippen molar-refractivity contribution in [3.05, 3.63) is 59.1 Å². The number of ether oxygens (including phenoxy) is 1. The molecule has 0 atom stereocenters. The zero-order chi connectivity index (χ0) is 20.5. The van der Waals surface area contributed by atoms with E-state index in [1.165, 1.54) is 17.3 Å². The molecule has 31 heavy (non-hydrogen) atoms. The first kappa shape index (κ1) is 27.9. The number of para-hydroxylation sites is 2. The smallest absolute Gasteiger partial charge is 0.283 e. The average molecular weight is 507 g/mol. The van der Waals surface area contributed by atoms with Crippen LogP contribution in [-0.2, 0) is 6.54 Å². The Morgan fingerprint density at radius 3 is 2.35 bits per heavy atom. The van der Waals surface area contributed by atoms with Gasteiger partial charge in [-0.3, -0.25) is 9.69 Å². The first-order chi connectivity index (χ1) is 14.1. The number of methoxy groups -OCH3 is 1. The van der Waals surface area contributed by atoms with Gasteiger partial charge in [-0.25, -0.2) is 0 Å². The molecule has 0 unspecified atom stereocenters. The van der Waals surface area contributed by atoms with Crippen LogP contribution in [0.3, 0.4) is 0 Å². The largest absolute Gasteiger partial charge is 0.495 e.